The van der Waals surface area contributed by atoms with Crippen LogP contribution in [-0.2, 0) is 0 Å². The molecule has 4 heterocycles. The summed E-state index contributed by atoms with van der Waals surface area (Å²) >= 11 is 0. The lowest BCUT2D eigenvalue weighted by Gasteiger charge is -2.12. The van der Waals surface area contributed by atoms with Gasteiger partial charge in [0.2, 0.25) is 0 Å². The van der Waals surface area contributed by atoms with Gasteiger partial charge in [-0.05, 0) is 72.8 Å². The van der Waals surface area contributed by atoms with Crippen molar-refractivity contribution in [1.29, 1.82) is 0 Å². The molecule has 0 unspecified atom stereocenters. The number of aromatic nitrogens is 5. The summed E-state index contributed by atoms with van der Waals surface area (Å²) in [5.74, 6) is 0. The molecule has 5 nitrogen and oxygen atoms in total. The molecule has 12 rings (SSSR count). The third kappa shape index (κ3) is 4.76. The average Bonchev–Trinajstić information content (AvgIpc) is 3.92. The molecule has 57 heavy (non-hydrogen) atoms. The Morgan fingerprint density at radius 3 is 1.04 bits per heavy atom. The Bertz CT molecular complexity index is 3240. The zero-order valence-electron chi connectivity index (χ0n) is 30.8. The van der Waals surface area contributed by atoms with Crippen molar-refractivity contribution in [2.24, 2.45) is 0 Å². The highest BCUT2D eigenvalue weighted by Gasteiger charge is 2.19. The van der Waals surface area contributed by atoms with E-state index in [1.54, 1.807) is 12.4 Å². The predicted octanol–water partition coefficient (Wildman–Crippen LogP) is 13.1. The molecule has 4 aromatic heterocycles. The van der Waals surface area contributed by atoms with Crippen LogP contribution in [0.25, 0.3) is 105 Å². The number of nitrogens with zero attached hydrogens (tertiary/aromatic N) is 5. The van der Waals surface area contributed by atoms with Gasteiger partial charge in [-0.3, -0.25) is 9.97 Å². The smallest absolute Gasteiger partial charge is 0.0965 e. The lowest BCUT2D eigenvalue weighted by Crippen LogP contribution is -1.97. The SMILES string of the molecule is c1ccc(-c2nccnc2-c2ccc(-n3c4ccc(-n5c6ccccc6c6ccccc65)cc4c4cc(-n5c6ccccc6c6ccccc65)ccc43)cc2)cc1. The normalized spacial score (nSPS) is 11.9. The summed E-state index contributed by atoms with van der Waals surface area (Å²) in [5, 5.41) is 7.39. The first-order chi connectivity index (χ1) is 28.3. The van der Waals surface area contributed by atoms with Crippen LogP contribution in [0.5, 0.6) is 0 Å². The molecule has 0 spiro atoms. The van der Waals surface area contributed by atoms with Crippen LogP contribution in [0.2, 0.25) is 0 Å². The van der Waals surface area contributed by atoms with E-state index in [1.165, 1.54) is 54.4 Å². The van der Waals surface area contributed by atoms with Crippen LogP contribution in [0.4, 0.5) is 0 Å². The molecule has 5 heteroatoms. The van der Waals surface area contributed by atoms with E-state index in [-0.39, 0.29) is 0 Å². The van der Waals surface area contributed by atoms with Crippen LogP contribution in [0, 0.1) is 0 Å². The average molecular weight is 728 g/mol. The van der Waals surface area contributed by atoms with Gasteiger partial charge in [0, 0.05) is 72.9 Å². The fourth-order valence-corrected chi connectivity index (χ4v) is 9.08. The summed E-state index contributed by atoms with van der Waals surface area (Å²) in [6.45, 7) is 0. The second kappa shape index (κ2) is 12.4. The Balaban J connectivity index is 1.10. The zero-order valence-corrected chi connectivity index (χ0v) is 30.8. The molecule has 0 saturated carbocycles. The summed E-state index contributed by atoms with van der Waals surface area (Å²) in [5.41, 5.74) is 14.2. The molecule has 0 saturated heterocycles. The van der Waals surface area contributed by atoms with Gasteiger partial charge in [0.1, 0.15) is 0 Å². The Labute approximate surface area is 328 Å². The molecule has 0 amide bonds. The Morgan fingerprint density at radius 2 is 0.596 bits per heavy atom. The third-order valence-electron chi connectivity index (χ3n) is 11.6. The van der Waals surface area contributed by atoms with E-state index < -0.39 is 0 Å². The van der Waals surface area contributed by atoms with Crippen molar-refractivity contribution >= 4 is 65.4 Å². The van der Waals surface area contributed by atoms with Gasteiger partial charge >= 0.3 is 0 Å². The number of rotatable bonds is 5. The molecule has 0 fully saturated rings. The highest BCUT2D eigenvalue weighted by atomic mass is 15.0. The molecular weight excluding hydrogens is 695 g/mol. The van der Waals surface area contributed by atoms with Crippen molar-refractivity contribution < 1.29 is 0 Å². The second-order valence-corrected chi connectivity index (χ2v) is 14.6. The molecule has 0 aliphatic rings. The van der Waals surface area contributed by atoms with Gasteiger partial charge in [-0.2, -0.15) is 0 Å². The van der Waals surface area contributed by atoms with E-state index in [1.807, 2.05) is 18.2 Å². The van der Waals surface area contributed by atoms with Crippen LogP contribution in [0.15, 0.2) is 200 Å². The molecule has 0 radical (unpaired) electrons. The van der Waals surface area contributed by atoms with Gasteiger partial charge in [-0.1, -0.05) is 115 Å². The number of para-hydroxylation sites is 4. The highest BCUT2D eigenvalue weighted by molar-refractivity contribution is 6.14. The Morgan fingerprint density at radius 1 is 0.263 bits per heavy atom. The summed E-state index contributed by atoms with van der Waals surface area (Å²) < 4.78 is 7.21. The van der Waals surface area contributed by atoms with Gasteiger partial charge in [-0.25, -0.2) is 0 Å². The summed E-state index contributed by atoms with van der Waals surface area (Å²) in [4.78, 5) is 9.54. The minimum absolute atomic E-state index is 0.865. The first-order valence-corrected chi connectivity index (χ1v) is 19.3. The van der Waals surface area contributed by atoms with Gasteiger partial charge in [0.05, 0.1) is 44.5 Å². The molecule has 0 N–H and O–H groups in total. The predicted molar refractivity (Wildman–Crippen MR) is 236 cm³/mol. The molecule has 0 atom stereocenters. The lowest BCUT2D eigenvalue weighted by atomic mass is 10.0. The van der Waals surface area contributed by atoms with Crippen molar-refractivity contribution in [2.75, 3.05) is 0 Å². The minimum Gasteiger partial charge on any atom is -0.309 e. The lowest BCUT2D eigenvalue weighted by molar-refractivity contribution is 1.16. The van der Waals surface area contributed by atoms with E-state index in [0.717, 1.165) is 50.6 Å². The first kappa shape index (κ1) is 31.6. The number of fused-ring (bicyclic) bond motifs is 9. The van der Waals surface area contributed by atoms with Crippen molar-refractivity contribution in [3.8, 4) is 39.6 Å². The maximum absolute atomic E-state index is 4.80. The molecule has 0 aliphatic carbocycles. The molecular formula is C52H33N5. The van der Waals surface area contributed by atoms with Crippen LogP contribution >= 0.6 is 0 Å². The fraction of sp³-hybridized carbons (Fsp3) is 0. The quantitative estimate of drug-likeness (QED) is 0.177. The van der Waals surface area contributed by atoms with E-state index in [4.69, 9.17) is 9.97 Å². The van der Waals surface area contributed by atoms with Crippen molar-refractivity contribution in [3.63, 3.8) is 0 Å². The van der Waals surface area contributed by atoms with Crippen molar-refractivity contribution in [1.82, 2.24) is 23.7 Å². The summed E-state index contributed by atoms with van der Waals surface area (Å²) in [6.07, 6.45) is 3.53. The van der Waals surface area contributed by atoms with Crippen molar-refractivity contribution in [3.05, 3.63) is 200 Å². The number of benzene rings is 8. The van der Waals surface area contributed by atoms with Crippen LogP contribution < -0.4 is 0 Å². The van der Waals surface area contributed by atoms with Crippen molar-refractivity contribution in [2.45, 2.75) is 0 Å². The molecule has 8 aromatic carbocycles. The topological polar surface area (TPSA) is 40.6 Å². The van der Waals surface area contributed by atoms with E-state index >= 15 is 0 Å². The molecule has 266 valence electrons. The molecule has 0 aliphatic heterocycles. The molecule has 12 aromatic rings. The maximum atomic E-state index is 4.80. The van der Waals surface area contributed by atoms with Crippen LogP contribution in [0.3, 0.4) is 0 Å². The maximum Gasteiger partial charge on any atom is 0.0965 e. The Hall–Kier alpha value is -7.76. The summed E-state index contributed by atoms with van der Waals surface area (Å²) in [6, 6.07) is 67.8. The largest absolute Gasteiger partial charge is 0.309 e. The fourth-order valence-electron chi connectivity index (χ4n) is 9.08. The summed E-state index contributed by atoms with van der Waals surface area (Å²) in [7, 11) is 0. The highest BCUT2D eigenvalue weighted by Crippen LogP contribution is 2.40. The van der Waals surface area contributed by atoms with Gasteiger partial charge < -0.3 is 13.7 Å². The Kier molecular flexibility index (Phi) is 6.86. The second-order valence-electron chi connectivity index (χ2n) is 14.6. The van der Waals surface area contributed by atoms with Gasteiger partial charge in [0.15, 0.2) is 0 Å². The van der Waals surface area contributed by atoms with E-state index in [2.05, 4.69) is 184 Å². The number of hydrogen-bond donors (Lipinski definition) is 0. The standard InChI is InChI=1S/C52H33N5/c1-2-12-34(13-3-1)51-52(54-31-30-53-51)35-22-24-36(25-23-35)55-49-28-26-37(56-45-18-8-4-14-39(45)40-15-5-9-19-46(40)56)32-43(49)44-33-38(27-29-50(44)55)57-47-20-10-6-16-41(47)42-17-7-11-21-48(42)57/h1-33H. The third-order valence-corrected chi connectivity index (χ3v) is 11.6. The van der Waals surface area contributed by atoms with Crippen LogP contribution in [0.1, 0.15) is 0 Å². The number of hydrogen-bond acceptors (Lipinski definition) is 2. The van der Waals surface area contributed by atoms with E-state index in [0.29, 0.717) is 0 Å². The van der Waals surface area contributed by atoms with Gasteiger partial charge in [-0.15, -0.1) is 0 Å². The molecule has 0 bridgehead atoms. The first-order valence-electron chi connectivity index (χ1n) is 19.3. The van der Waals surface area contributed by atoms with Crippen LogP contribution in [-0.4, -0.2) is 23.7 Å². The van der Waals surface area contributed by atoms with E-state index in [9.17, 15) is 0 Å². The minimum atomic E-state index is 0.865. The zero-order chi connectivity index (χ0) is 37.5. The monoisotopic (exact) mass is 727 g/mol. The van der Waals surface area contributed by atoms with Gasteiger partial charge in [0.25, 0.3) is 0 Å².